The van der Waals surface area contributed by atoms with Gasteiger partial charge in [0.05, 0.1) is 0 Å². The molecular formula is C10H18N2S. The van der Waals surface area contributed by atoms with Gasteiger partial charge < -0.3 is 4.90 Å². The summed E-state index contributed by atoms with van der Waals surface area (Å²) in [7, 11) is 2.17. The molecule has 0 aliphatic carbocycles. The molecule has 2 fully saturated rings. The predicted molar refractivity (Wildman–Crippen MR) is 58.5 cm³/mol. The molecule has 74 valence electrons. The minimum absolute atomic E-state index is 0.428. The molecule has 2 saturated heterocycles. The molecule has 0 aromatic rings. The normalized spacial score (nSPS) is 35.2. The molecule has 2 aliphatic heterocycles. The van der Waals surface area contributed by atoms with Gasteiger partial charge in [-0.2, -0.15) is 0 Å². The summed E-state index contributed by atoms with van der Waals surface area (Å²) in [6.45, 7) is 7.86. The quantitative estimate of drug-likeness (QED) is 0.593. The molecule has 0 aromatic heterocycles. The SMILES string of the molecule is C=C1N(C)CCC12CCN(SC)C2. The van der Waals surface area contributed by atoms with Gasteiger partial charge in [-0.15, -0.1) is 0 Å². The topological polar surface area (TPSA) is 6.48 Å². The van der Waals surface area contributed by atoms with E-state index in [0.29, 0.717) is 5.41 Å². The Morgan fingerprint density at radius 2 is 2.08 bits per heavy atom. The number of hydrogen-bond acceptors (Lipinski definition) is 3. The van der Waals surface area contributed by atoms with Crippen LogP contribution in [0.2, 0.25) is 0 Å². The zero-order valence-electron chi connectivity index (χ0n) is 8.55. The van der Waals surface area contributed by atoms with Crippen LogP contribution in [-0.4, -0.2) is 42.1 Å². The van der Waals surface area contributed by atoms with E-state index in [1.807, 2.05) is 11.9 Å². The summed E-state index contributed by atoms with van der Waals surface area (Å²) in [4.78, 5) is 2.32. The Morgan fingerprint density at radius 1 is 1.38 bits per heavy atom. The first-order valence-corrected chi connectivity index (χ1v) is 6.06. The Kier molecular flexibility index (Phi) is 2.32. The van der Waals surface area contributed by atoms with Crippen molar-refractivity contribution in [2.24, 2.45) is 5.41 Å². The lowest BCUT2D eigenvalue weighted by Gasteiger charge is -2.25. The van der Waals surface area contributed by atoms with Crippen LogP contribution in [0.4, 0.5) is 0 Å². The summed E-state index contributed by atoms with van der Waals surface area (Å²) >= 11 is 1.87. The van der Waals surface area contributed by atoms with Crippen molar-refractivity contribution in [1.82, 2.24) is 9.21 Å². The monoisotopic (exact) mass is 198 g/mol. The molecule has 3 heteroatoms. The second kappa shape index (κ2) is 3.21. The minimum Gasteiger partial charge on any atom is -0.378 e. The molecule has 1 spiro atoms. The van der Waals surface area contributed by atoms with Crippen molar-refractivity contribution in [3.63, 3.8) is 0 Å². The van der Waals surface area contributed by atoms with E-state index in [9.17, 15) is 0 Å². The van der Waals surface area contributed by atoms with Crippen LogP contribution in [0.25, 0.3) is 0 Å². The molecule has 0 aromatic carbocycles. The maximum atomic E-state index is 4.23. The Labute approximate surface area is 85.1 Å². The Bertz CT molecular complexity index is 229. The number of likely N-dealkylation sites (tertiary alicyclic amines) is 1. The van der Waals surface area contributed by atoms with Gasteiger partial charge in [0.15, 0.2) is 0 Å². The smallest absolute Gasteiger partial charge is 0.0262 e. The molecule has 2 heterocycles. The van der Waals surface area contributed by atoms with E-state index in [4.69, 9.17) is 0 Å². The molecule has 0 bridgehead atoms. The van der Waals surface area contributed by atoms with Crippen LogP contribution < -0.4 is 0 Å². The van der Waals surface area contributed by atoms with Gasteiger partial charge in [0.25, 0.3) is 0 Å². The average Bonchev–Trinajstić information content (AvgIpc) is 2.67. The number of nitrogens with zero attached hydrogens (tertiary/aromatic N) is 2. The highest BCUT2D eigenvalue weighted by molar-refractivity contribution is 7.96. The first-order chi connectivity index (χ1) is 6.18. The van der Waals surface area contributed by atoms with Crippen LogP contribution in [0.3, 0.4) is 0 Å². The summed E-state index contributed by atoms with van der Waals surface area (Å²) in [5.74, 6) is 0. The van der Waals surface area contributed by atoms with E-state index in [1.54, 1.807) is 0 Å². The van der Waals surface area contributed by atoms with Crippen molar-refractivity contribution in [1.29, 1.82) is 0 Å². The van der Waals surface area contributed by atoms with Crippen molar-refractivity contribution < 1.29 is 0 Å². The molecule has 0 amide bonds. The summed E-state index contributed by atoms with van der Waals surface area (Å²) < 4.78 is 2.46. The van der Waals surface area contributed by atoms with Gasteiger partial charge in [-0.05, 0) is 19.1 Å². The molecule has 0 radical (unpaired) electrons. The highest BCUT2D eigenvalue weighted by atomic mass is 32.2. The van der Waals surface area contributed by atoms with Crippen molar-refractivity contribution in [3.05, 3.63) is 12.3 Å². The lowest BCUT2D eigenvalue weighted by molar-refractivity contribution is 0.378. The summed E-state index contributed by atoms with van der Waals surface area (Å²) in [6, 6.07) is 0. The van der Waals surface area contributed by atoms with Crippen molar-refractivity contribution in [2.45, 2.75) is 12.8 Å². The molecular weight excluding hydrogens is 180 g/mol. The highest BCUT2D eigenvalue weighted by Crippen LogP contribution is 2.46. The van der Waals surface area contributed by atoms with E-state index in [1.165, 1.54) is 38.2 Å². The highest BCUT2D eigenvalue weighted by Gasteiger charge is 2.45. The fourth-order valence-corrected chi connectivity index (χ4v) is 3.15. The summed E-state index contributed by atoms with van der Waals surface area (Å²) in [6.07, 6.45) is 4.77. The van der Waals surface area contributed by atoms with Crippen LogP contribution in [0.1, 0.15) is 12.8 Å². The minimum atomic E-state index is 0.428. The van der Waals surface area contributed by atoms with Crippen LogP contribution in [-0.2, 0) is 0 Å². The zero-order chi connectivity index (χ0) is 9.47. The van der Waals surface area contributed by atoms with Gasteiger partial charge in [-0.1, -0.05) is 18.5 Å². The molecule has 0 saturated carbocycles. The van der Waals surface area contributed by atoms with Crippen LogP contribution >= 0.6 is 11.9 Å². The largest absolute Gasteiger partial charge is 0.378 e. The number of rotatable bonds is 1. The molecule has 1 atom stereocenters. The van der Waals surface area contributed by atoms with Gasteiger partial charge in [0, 0.05) is 37.8 Å². The second-order valence-corrected chi connectivity index (χ2v) is 5.08. The standard InChI is InChI=1S/C10H18N2S/c1-9-10(4-6-11(9)2)5-7-12(8-10)13-3/h1,4-8H2,2-3H3. The van der Waals surface area contributed by atoms with E-state index >= 15 is 0 Å². The maximum absolute atomic E-state index is 4.23. The molecule has 2 rings (SSSR count). The van der Waals surface area contributed by atoms with Gasteiger partial charge in [-0.3, -0.25) is 0 Å². The molecule has 0 N–H and O–H groups in total. The van der Waals surface area contributed by atoms with E-state index in [0.717, 1.165) is 0 Å². The zero-order valence-corrected chi connectivity index (χ0v) is 9.36. The van der Waals surface area contributed by atoms with Crippen LogP contribution in [0.5, 0.6) is 0 Å². The molecule has 13 heavy (non-hydrogen) atoms. The van der Waals surface area contributed by atoms with Crippen molar-refractivity contribution in [2.75, 3.05) is 32.9 Å². The predicted octanol–water partition coefficient (Wildman–Crippen LogP) is 1.81. The molecule has 2 nitrogen and oxygen atoms in total. The second-order valence-electron chi connectivity index (χ2n) is 4.19. The molecule has 2 aliphatic rings. The third-order valence-corrected chi connectivity index (χ3v) is 4.40. The third kappa shape index (κ3) is 1.38. The van der Waals surface area contributed by atoms with Crippen molar-refractivity contribution >= 4 is 11.9 Å². The van der Waals surface area contributed by atoms with E-state index < -0.39 is 0 Å². The van der Waals surface area contributed by atoms with Gasteiger partial charge in [0.2, 0.25) is 0 Å². The first-order valence-electron chi connectivity index (χ1n) is 4.87. The lowest BCUT2D eigenvalue weighted by atomic mass is 9.84. The van der Waals surface area contributed by atoms with Gasteiger partial charge in [0.1, 0.15) is 0 Å². The van der Waals surface area contributed by atoms with E-state index in [2.05, 4.69) is 29.1 Å². The fraction of sp³-hybridized carbons (Fsp3) is 0.800. The van der Waals surface area contributed by atoms with Crippen molar-refractivity contribution in [3.8, 4) is 0 Å². The van der Waals surface area contributed by atoms with Gasteiger partial charge in [-0.25, -0.2) is 4.31 Å². The van der Waals surface area contributed by atoms with Crippen LogP contribution in [0.15, 0.2) is 12.3 Å². The lowest BCUT2D eigenvalue weighted by Crippen LogP contribution is -2.24. The van der Waals surface area contributed by atoms with Crippen LogP contribution in [0, 0.1) is 5.41 Å². The Morgan fingerprint density at radius 3 is 2.54 bits per heavy atom. The first kappa shape index (κ1) is 9.41. The molecule has 1 unspecified atom stereocenters. The maximum Gasteiger partial charge on any atom is 0.0262 e. The van der Waals surface area contributed by atoms with E-state index in [-0.39, 0.29) is 0 Å². The van der Waals surface area contributed by atoms with Gasteiger partial charge >= 0.3 is 0 Å². The Balaban J connectivity index is 2.11. The number of hydrogen-bond donors (Lipinski definition) is 0. The summed E-state index contributed by atoms with van der Waals surface area (Å²) in [5, 5.41) is 0. The fourth-order valence-electron chi connectivity index (χ4n) is 2.50. The third-order valence-electron chi connectivity index (χ3n) is 3.58. The average molecular weight is 198 g/mol. The summed E-state index contributed by atoms with van der Waals surface area (Å²) in [5.41, 5.74) is 1.79. The Hall–Kier alpha value is -0.150.